The van der Waals surface area contributed by atoms with Crippen molar-refractivity contribution >= 4 is 23.0 Å². The lowest BCUT2D eigenvalue weighted by Crippen LogP contribution is -2.42. The number of aromatic nitrogens is 2. The van der Waals surface area contributed by atoms with Crippen LogP contribution in [0, 0.1) is 10.1 Å². The fourth-order valence-electron chi connectivity index (χ4n) is 3.70. The molecular formula is C19H24N6O4. The predicted molar refractivity (Wildman–Crippen MR) is 108 cm³/mol. The molecule has 154 valence electrons. The minimum atomic E-state index is -0.429. The predicted octanol–water partition coefficient (Wildman–Crippen LogP) is 2.43. The average Bonchev–Trinajstić information content (AvgIpc) is 2.73. The van der Waals surface area contributed by atoms with Gasteiger partial charge in [-0.2, -0.15) is 0 Å². The summed E-state index contributed by atoms with van der Waals surface area (Å²) in [5.41, 5.74) is 0.493. The second kappa shape index (κ2) is 8.08. The lowest BCUT2D eigenvalue weighted by atomic mass is 10.0. The van der Waals surface area contributed by atoms with Gasteiger partial charge in [0.2, 0.25) is 11.6 Å². The number of benzene rings is 1. The van der Waals surface area contributed by atoms with Gasteiger partial charge in [-0.3, -0.25) is 10.1 Å². The fraction of sp³-hybridized carbons (Fsp3) is 0.474. The Balaban J connectivity index is 1.62. The van der Waals surface area contributed by atoms with Crippen LogP contribution in [-0.4, -0.2) is 66.2 Å². The molecule has 1 N–H and O–H groups in total. The molecule has 0 amide bonds. The largest absolute Gasteiger partial charge is 0.486 e. The van der Waals surface area contributed by atoms with E-state index >= 15 is 0 Å². The van der Waals surface area contributed by atoms with E-state index in [1.54, 1.807) is 18.2 Å². The van der Waals surface area contributed by atoms with E-state index in [-0.39, 0.29) is 17.5 Å². The number of nitrogens with zero attached hydrogens (tertiary/aromatic N) is 5. The molecule has 1 aromatic heterocycles. The van der Waals surface area contributed by atoms with Crippen molar-refractivity contribution in [3.8, 4) is 11.5 Å². The molecule has 0 aliphatic carbocycles. The highest BCUT2D eigenvalue weighted by molar-refractivity contribution is 5.75. The number of anilines is 3. The highest BCUT2D eigenvalue weighted by atomic mass is 16.6. The lowest BCUT2D eigenvalue weighted by Gasteiger charge is -2.35. The lowest BCUT2D eigenvalue weighted by molar-refractivity contribution is -0.383. The van der Waals surface area contributed by atoms with Gasteiger partial charge < -0.3 is 24.6 Å². The maximum atomic E-state index is 11.9. The first-order valence-corrected chi connectivity index (χ1v) is 9.60. The standard InChI is InChI=1S/C19H24N6O4/c1-23-7-5-14(6-8-23)24(2)19-17(25(26)27)18(20-12-21-19)22-13-3-4-15-16(11-13)29-10-9-28-15/h3-4,11-12,14H,5-10H2,1-2H3,(H,20,21,22). The Morgan fingerprint density at radius 1 is 1.21 bits per heavy atom. The van der Waals surface area contributed by atoms with E-state index in [9.17, 15) is 10.1 Å². The molecule has 4 rings (SSSR count). The molecule has 0 unspecified atom stereocenters. The normalized spacial score (nSPS) is 17.0. The van der Waals surface area contributed by atoms with Crippen LogP contribution in [0.1, 0.15) is 12.8 Å². The smallest absolute Gasteiger partial charge is 0.353 e. The van der Waals surface area contributed by atoms with E-state index in [1.807, 2.05) is 11.9 Å². The van der Waals surface area contributed by atoms with E-state index in [1.165, 1.54) is 6.33 Å². The summed E-state index contributed by atoms with van der Waals surface area (Å²) in [4.78, 5) is 24.0. The number of likely N-dealkylation sites (tertiary alicyclic amines) is 1. The molecule has 10 nitrogen and oxygen atoms in total. The van der Waals surface area contributed by atoms with Gasteiger partial charge in [0.1, 0.15) is 19.5 Å². The van der Waals surface area contributed by atoms with E-state index in [0.717, 1.165) is 25.9 Å². The second-order valence-electron chi connectivity index (χ2n) is 7.28. The van der Waals surface area contributed by atoms with E-state index in [0.29, 0.717) is 36.2 Å². The molecule has 0 atom stereocenters. The highest BCUT2D eigenvalue weighted by Crippen LogP contribution is 2.37. The Morgan fingerprint density at radius 2 is 1.93 bits per heavy atom. The molecule has 1 saturated heterocycles. The van der Waals surface area contributed by atoms with Gasteiger partial charge in [0.25, 0.3) is 0 Å². The van der Waals surface area contributed by atoms with E-state index in [2.05, 4.69) is 27.2 Å². The van der Waals surface area contributed by atoms with Crippen molar-refractivity contribution in [2.75, 3.05) is 50.6 Å². The van der Waals surface area contributed by atoms with Crippen molar-refractivity contribution in [2.24, 2.45) is 0 Å². The summed E-state index contributed by atoms with van der Waals surface area (Å²) in [5, 5.41) is 15.0. The number of rotatable bonds is 5. The summed E-state index contributed by atoms with van der Waals surface area (Å²) in [7, 11) is 3.94. The molecule has 0 saturated carbocycles. The SMILES string of the molecule is CN1CCC(N(C)c2ncnc(Nc3ccc4c(c3)OCCO4)c2[N+](=O)[O-])CC1. The minimum absolute atomic E-state index is 0.135. The van der Waals surface area contributed by atoms with Crippen molar-refractivity contribution < 1.29 is 14.4 Å². The number of fused-ring (bicyclic) bond motifs is 1. The van der Waals surface area contributed by atoms with Crippen LogP contribution in [-0.2, 0) is 0 Å². The zero-order valence-electron chi connectivity index (χ0n) is 16.5. The maximum absolute atomic E-state index is 11.9. The molecule has 29 heavy (non-hydrogen) atoms. The monoisotopic (exact) mass is 400 g/mol. The third kappa shape index (κ3) is 4.02. The summed E-state index contributed by atoms with van der Waals surface area (Å²) in [6.45, 7) is 2.88. The summed E-state index contributed by atoms with van der Waals surface area (Å²) in [5.74, 6) is 1.72. The summed E-state index contributed by atoms with van der Waals surface area (Å²) < 4.78 is 11.1. The Morgan fingerprint density at radius 3 is 2.66 bits per heavy atom. The number of nitro groups is 1. The van der Waals surface area contributed by atoms with Crippen LogP contribution in [0.15, 0.2) is 24.5 Å². The number of ether oxygens (including phenoxy) is 2. The third-order valence-corrected chi connectivity index (χ3v) is 5.36. The molecule has 0 radical (unpaired) electrons. The van der Waals surface area contributed by atoms with Gasteiger partial charge in [0, 0.05) is 24.8 Å². The molecule has 3 heterocycles. The quantitative estimate of drug-likeness (QED) is 0.598. The molecule has 2 aromatic rings. The van der Waals surface area contributed by atoms with Gasteiger partial charge in [0.05, 0.1) is 4.92 Å². The van der Waals surface area contributed by atoms with Crippen LogP contribution < -0.4 is 19.7 Å². The van der Waals surface area contributed by atoms with Crippen LogP contribution >= 0.6 is 0 Å². The molecule has 0 bridgehead atoms. The molecule has 2 aliphatic heterocycles. The van der Waals surface area contributed by atoms with Gasteiger partial charge >= 0.3 is 5.69 Å². The van der Waals surface area contributed by atoms with Crippen LogP contribution in [0.4, 0.5) is 23.0 Å². The maximum Gasteiger partial charge on any atom is 0.353 e. The Bertz CT molecular complexity index is 900. The molecule has 0 spiro atoms. The van der Waals surface area contributed by atoms with Gasteiger partial charge in [-0.05, 0) is 45.1 Å². The van der Waals surface area contributed by atoms with Gasteiger partial charge in [-0.25, -0.2) is 9.97 Å². The molecule has 10 heteroatoms. The summed E-state index contributed by atoms with van der Waals surface area (Å²) in [6.07, 6.45) is 3.21. The zero-order valence-corrected chi connectivity index (χ0v) is 16.5. The topological polar surface area (TPSA) is 106 Å². The number of hydrogen-bond acceptors (Lipinski definition) is 9. The zero-order chi connectivity index (χ0) is 20.4. The molecule has 1 aromatic carbocycles. The van der Waals surface area contributed by atoms with Gasteiger partial charge in [-0.15, -0.1) is 0 Å². The van der Waals surface area contributed by atoms with Crippen LogP contribution in [0.2, 0.25) is 0 Å². The van der Waals surface area contributed by atoms with E-state index in [4.69, 9.17) is 9.47 Å². The first-order valence-electron chi connectivity index (χ1n) is 9.60. The number of nitrogens with one attached hydrogen (secondary N) is 1. The van der Waals surface area contributed by atoms with Crippen LogP contribution in [0.5, 0.6) is 11.5 Å². The summed E-state index contributed by atoms with van der Waals surface area (Å²) in [6, 6.07) is 5.50. The highest BCUT2D eigenvalue weighted by Gasteiger charge is 2.30. The molecule has 2 aliphatic rings. The summed E-state index contributed by atoms with van der Waals surface area (Å²) >= 11 is 0. The number of piperidine rings is 1. The van der Waals surface area contributed by atoms with Gasteiger partial charge in [-0.1, -0.05) is 0 Å². The van der Waals surface area contributed by atoms with Crippen LogP contribution in [0.3, 0.4) is 0 Å². The fourth-order valence-corrected chi connectivity index (χ4v) is 3.70. The third-order valence-electron chi connectivity index (χ3n) is 5.36. The first kappa shape index (κ1) is 19.2. The van der Waals surface area contributed by atoms with Crippen molar-refractivity contribution in [2.45, 2.75) is 18.9 Å². The van der Waals surface area contributed by atoms with Gasteiger partial charge in [0.15, 0.2) is 11.5 Å². The average molecular weight is 400 g/mol. The Labute approximate surface area is 168 Å². The molecule has 1 fully saturated rings. The van der Waals surface area contributed by atoms with Crippen molar-refractivity contribution in [3.63, 3.8) is 0 Å². The number of hydrogen-bond donors (Lipinski definition) is 1. The van der Waals surface area contributed by atoms with Crippen molar-refractivity contribution in [3.05, 3.63) is 34.6 Å². The second-order valence-corrected chi connectivity index (χ2v) is 7.28. The first-order chi connectivity index (χ1) is 14.0. The van der Waals surface area contributed by atoms with Crippen molar-refractivity contribution in [1.29, 1.82) is 0 Å². The Kier molecular flexibility index (Phi) is 5.34. The van der Waals surface area contributed by atoms with Crippen molar-refractivity contribution in [1.82, 2.24) is 14.9 Å². The Hall–Kier alpha value is -3.14. The minimum Gasteiger partial charge on any atom is -0.486 e. The molecular weight excluding hydrogens is 376 g/mol. The van der Waals surface area contributed by atoms with Crippen LogP contribution in [0.25, 0.3) is 0 Å². The van der Waals surface area contributed by atoms with E-state index < -0.39 is 4.92 Å².